The van der Waals surface area contributed by atoms with Crippen LogP contribution in [-0.2, 0) is 19.6 Å². The van der Waals surface area contributed by atoms with Crippen molar-refractivity contribution >= 4 is 0 Å². The van der Waals surface area contributed by atoms with Gasteiger partial charge in [-0.25, -0.2) is 9.78 Å². The molecule has 176 valence electrons. The fraction of sp³-hybridized carbons (Fsp3) is 1.00. The molecule has 0 aromatic carbocycles. The SMILES string of the molecule is CCCCCCC(CC)(OOC(C)(C)CC(C)(C)C)OOC(C)(C)CC(C)(C)C. The van der Waals surface area contributed by atoms with E-state index in [1.165, 1.54) is 12.8 Å². The van der Waals surface area contributed by atoms with Gasteiger partial charge in [-0.05, 0) is 57.8 Å². The maximum absolute atomic E-state index is 6.05. The van der Waals surface area contributed by atoms with Crippen LogP contribution in [0.2, 0.25) is 0 Å². The first-order valence-electron chi connectivity index (χ1n) is 11.7. The standard InChI is InChI=1S/C25H52O4/c1-13-15-16-17-18-25(14-2,28-26-23(9,10)19-21(3,4)5)29-27-24(11,12)20-22(6,7)8/h13-20H2,1-12H3. The molecule has 0 bridgehead atoms. The summed E-state index contributed by atoms with van der Waals surface area (Å²) in [5, 5.41) is 0. The molecule has 0 rings (SSSR count). The van der Waals surface area contributed by atoms with Crippen LogP contribution in [0.3, 0.4) is 0 Å². The molecule has 0 aromatic rings. The van der Waals surface area contributed by atoms with E-state index in [1.807, 2.05) is 0 Å². The zero-order valence-corrected chi connectivity index (χ0v) is 21.8. The van der Waals surface area contributed by atoms with Gasteiger partial charge in [-0.15, -0.1) is 0 Å². The minimum Gasteiger partial charge on any atom is -0.228 e. The van der Waals surface area contributed by atoms with Gasteiger partial charge in [-0.3, -0.25) is 0 Å². The molecule has 0 saturated carbocycles. The molecule has 0 aliphatic rings. The lowest BCUT2D eigenvalue weighted by Crippen LogP contribution is -2.43. The highest BCUT2D eigenvalue weighted by Crippen LogP contribution is 2.36. The summed E-state index contributed by atoms with van der Waals surface area (Å²) in [5.41, 5.74) is -0.525. The molecular formula is C25H52O4. The third-order valence-electron chi connectivity index (χ3n) is 4.70. The molecule has 29 heavy (non-hydrogen) atoms. The highest BCUT2D eigenvalue weighted by atomic mass is 17.3. The summed E-state index contributed by atoms with van der Waals surface area (Å²) in [6.45, 7) is 25.8. The number of unbranched alkanes of at least 4 members (excludes halogenated alkanes) is 3. The Morgan fingerprint density at radius 2 is 0.931 bits per heavy atom. The van der Waals surface area contributed by atoms with Crippen LogP contribution in [0, 0.1) is 10.8 Å². The van der Waals surface area contributed by atoms with E-state index in [9.17, 15) is 0 Å². The van der Waals surface area contributed by atoms with Crippen molar-refractivity contribution in [2.75, 3.05) is 0 Å². The highest BCUT2D eigenvalue weighted by molar-refractivity contribution is 4.78. The molecule has 0 heterocycles. The first-order valence-corrected chi connectivity index (χ1v) is 11.7. The summed E-state index contributed by atoms with van der Waals surface area (Å²) in [6, 6.07) is 0. The monoisotopic (exact) mass is 416 g/mol. The molecule has 0 atom stereocenters. The predicted octanol–water partition coefficient (Wildman–Crippen LogP) is 8.39. The minimum atomic E-state index is -0.891. The van der Waals surface area contributed by atoms with Gasteiger partial charge in [0.1, 0.15) is 0 Å². The van der Waals surface area contributed by atoms with Gasteiger partial charge in [0, 0.05) is 12.8 Å². The first kappa shape index (κ1) is 28.8. The fourth-order valence-corrected chi connectivity index (χ4v) is 4.20. The van der Waals surface area contributed by atoms with Gasteiger partial charge in [0.2, 0.25) is 5.79 Å². The third kappa shape index (κ3) is 14.5. The van der Waals surface area contributed by atoms with Gasteiger partial charge < -0.3 is 0 Å². The van der Waals surface area contributed by atoms with E-state index in [4.69, 9.17) is 19.6 Å². The van der Waals surface area contributed by atoms with Crippen molar-refractivity contribution in [1.29, 1.82) is 0 Å². The summed E-state index contributed by atoms with van der Waals surface area (Å²) in [6.07, 6.45) is 7.77. The van der Waals surface area contributed by atoms with Crippen molar-refractivity contribution in [1.82, 2.24) is 0 Å². The van der Waals surface area contributed by atoms with Gasteiger partial charge in [0.25, 0.3) is 0 Å². The molecule has 0 aliphatic carbocycles. The van der Waals surface area contributed by atoms with Crippen LogP contribution in [0.25, 0.3) is 0 Å². The van der Waals surface area contributed by atoms with Crippen molar-refractivity contribution in [3.8, 4) is 0 Å². The molecule has 4 nitrogen and oxygen atoms in total. The van der Waals surface area contributed by atoms with Crippen molar-refractivity contribution in [3.63, 3.8) is 0 Å². The average molecular weight is 417 g/mol. The minimum absolute atomic E-state index is 0.148. The largest absolute Gasteiger partial charge is 0.233 e. The van der Waals surface area contributed by atoms with Crippen LogP contribution in [-0.4, -0.2) is 17.0 Å². The Bertz CT molecular complexity index is 409. The molecule has 0 unspecified atom stereocenters. The number of hydrogen-bond acceptors (Lipinski definition) is 4. The second-order valence-corrected chi connectivity index (χ2v) is 12.4. The number of rotatable bonds is 14. The first-order chi connectivity index (χ1) is 12.9. The lowest BCUT2D eigenvalue weighted by Gasteiger charge is -2.39. The van der Waals surface area contributed by atoms with Crippen molar-refractivity contribution in [3.05, 3.63) is 0 Å². The summed E-state index contributed by atoms with van der Waals surface area (Å²) in [7, 11) is 0. The molecule has 0 saturated heterocycles. The second-order valence-electron chi connectivity index (χ2n) is 12.4. The van der Waals surface area contributed by atoms with E-state index in [-0.39, 0.29) is 10.8 Å². The zero-order valence-electron chi connectivity index (χ0n) is 21.8. The Labute approximate surface area is 182 Å². The fourth-order valence-electron chi connectivity index (χ4n) is 4.20. The molecule has 0 amide bonds. The van der Waals surface area contributed by atoms with Crippen LogP contribution in [0.1, 0.15) is 134 Å². The van der Waals surface area contributed by atoms with E-state index in [1.54, 1.807) is 0 Å². The van der Waals surface area contributed by atoms with E-state index >= 15 is 0 Å². The maximum Gasteiger partial charge on any atom is 0.233 e. The Morgan fingerprint density at radius 1 is 0.517 bits per heavy atom. The van der Waals surface area contributed by atoms with Gasteiger partial charge in [0.15, 0.2) is 0 Å². The Kier molecular flexibility index (Phi) is 11.4. The molecule has 0 radical (unpaired) electrons. The zero-order chi connectivity index (χ0) is 23.0. The lowest BCUT2D eigenvalue weighted by molar-refractivity contribution is -0.546. The van der Waals surface area contributed by atoms with Gasteiger partial charge in [-0.2, -0.15) is 9.78 Å². The van der Waals surface area contributed by atoms with Crippen molar-refractivity contribution in [2.45, 2.75) is 151 Å². The molecule has 0 aliphatic heterocycles. The predicted molar refractivity (Wildman–Crippen MR) is 122 cm³/mol. The van der Waals surface area contributed by atoms with Crippen LogP contribution in [0.4, 0.5) is 0 Å². The highest BCUT2D eigenvalue weighted by Gasteiger charge is 2.39. The van der Waals surface area contributed by atoms with Gasteiger partial charge >= 0.3 is 0 Å². The van der Waals surface area contributed by atoms with Crippen molar-refractivity contribution < 1.29 is 19.6 Å². The molecule has 4 heteroatoms. The average Bonchev–Trinajstić information content (AvgIpc) is 2.49. The molecule has 0 N–H and O–H groups in total. The summed E-state index contributed by atoms with van der Waals surface area (Å²) >= 11 is 0. The van der Waals surface area contributed by atoms with E-state index in [0.29, 0.717) is 6.42 Å². The van der Waals surface area contributed by atoms with E-state index in [0.717, 1.165) is 32.1 Å². The molecule has 0 aromatic heterocycles. The number of hydrogen-bond donors (Lipinski definition) is 0. The summed E-state index contributed by atoms with van der Waals surface area (Å²) in [5.74, 6) is -0.891. The van der Waals surface area contributed by atoms with E-state index < -0.39 is 17.0 Å². The van der Waals surface area contributed by atoms with Crippen LogP contribution < -0.4 is 0 Å². The maximum atomic E-state index is 6.05. The van der Waals surface area contributed by atoms with Gasteiger partial charge in [-0.1, -0.05) is 74.7 Å². The molecule has 0 fully saturated rings. The molecular weight excluding hydrogens is 364 g/mol. The van der Waals surface area contributed by atoms with Crippen LogP contribution in [0.5, 0.6) is 0 Å². The van der Waals surface area contributed by atoms with E-state index in [2.05, 4.69) is 83.1 Å². The topological polar surface area (TPSA) is 36.9 Å². The van der Waals surface area contributed by atoms with Crippen molar-refractivity contribution in [2.24, 2.45) is 10.8 Å². The second kappa shape index (κ2) is 11.5. The summed E-state index contributed by atoms with van der Waals surface area (Å²) < 4.78 is 0. The Hall–Kier alpha value is -0.160. The van der Waals surface area contributed by atoms with Gasteiger partial charge in [0.05, 0.1) is 11.2 Å². The Balaban J connectivity index is 5.22. The summed E-state index contributed by atoms with van der Waals surface area (Å²) in [4.78, 5) is 24.1. The smallest absolute Gasteiger partial charge is 0.228 e. The molecule has 0 spiro atoms. The third-order valence-corrected chi connectivity index (χ3v) is 4.70. The lowest BCUT2D eigenvalue weighted by atomic mass is 9.84. The normalized spacial score (nSPS) is 14.5. The Morgan fingerprint density at radius 3 is 1.24 bits per heavy atom. The van der Waals surface area contributed by atoms with Crippen LogP contribution >= 0.6 is 0 Å². The quantitative estimate of drug-likeness (QED) is 0.123. The van der Waals surface area contributed by atoms with Crippen LogP contribution in [0.15, 0.2) is 0 Å².